The van der Waals surface area contributed by atoms with Crippen LogP contribution in [-0.4, -0.2) is 5.50 Å². The molecule has 2 heterocycles. The summed E-state index contributed by atoms with van der Waals surface area (Å²) in [6.45, 7) is 6.46. The number of alkyl halides is 1. The van der Waals surface area contributed by atoms with Gasteiger partial charge in [-0.1, -0.05) is 50.9 Å². The number of halogens is 1. The smallest absolute Gasteiger partial charge is 0.132 e. The van der Waals surface area contributed by atoms with Crippen LogP contribution in [0.2, 0.25) is 0 Å². The first-order valence-corrected chi connectivity index (χ1v) is 8.70. The first-order chi connectivity index (χ1) is 11.1. The molecule has 0 bridgehead atoms. The van der Waals surface area contributed by atoms with Gasteiger partial charge in [0.1, 0.15) is 17.4 Å². The normalized spacial score (nSPS) is 19.7. The molecule has 1 unspecified atom stereocenters. The van der Waals surface area contributed by atoms with Crippen LogP contribution in [0.5, 0.6) is 0 Å². The molecule has 0 amide bonds. The summed E-state index contributed by atoms with van der Waals surface area (Å²) in [6, 6.07) is 10.5. The van der Waals surface area contributed by atoms with E-state index in [4.69, 9.17) is 11.6 Å². The number of unbranched alkanes of at least 4 members (excludes halogenated alkanes) is 1. The van der Waals surface area contributed by atoms with Gasteiger partial charge in [0, 0.05) is 0 Å². The molecule has 0 spiro atoms. The van der Waals surface area contributed by atoms with Gasteiger partial charge in [-0.15, -0.1) is 0 Å². The van der Waals surface area contributed by atoms with Gasteiger partial charge in [-0.3, -0.25) is 0 Å². The monoisotopic (exact) mass is 327 g/mol. The van der Waals surface area contributed by atoms with E-state index in [2.05, 4.69) is 43.1 Å². The lowest BCUT2D eigenvalue weighted by Gasteiger charge is -2.35. The number of allylic oxidation sites excluding steroid dienone is 2. The molecule has 0 radical (unpaired) electrons. The van der Waals surface area contributed by atoms with Crippen LogP contribution in [0.3, 0.4) is 0 Å². The van der Waals surface area contributed by atoms with Crippen molar-refractivity contribution in [2.24, 2.45) is 5.92 Å². The number of hydrogen-bond donors (Lipinski definition) is 1. The summed E-state index contributed by atoms with van der Waals surface area (Å²) < 4.78 is 0. The minimum absolute atomic E-state index is 0.234. The Hall–Kier alpha value is -1.92. The first-order valence-electron chi connectivity index (χ1n) is 8.27. The fraction of sp³-hybridized carbons (Fsp3) is 0.421. The number of anilines is 2. The standard InChI is InChI=1S/C19H22ClN3/c1-4-5-8-13-17(12(2)3)14(11-21)19-22-15-9-6-7-10-16(15)23(19)18(13)20/h6-7,9-10,12,18,22H,4-5,8H2,1-3H3. The number of fused-ring (bicyclic) bond motifs is 3. The molecule has 1 aromatic rings. The summed E-state index contributed by atoms with van der Waals surface area (Å²) in [5.74, 6) is 1.11. The second kappa shape index (κ2) is 6.29. The molecule has 1 N–H and O–H groups in total. The zero-order valence-corrected chi connectivity index (χ0v) is 14.6. The number of benzene rings is 1. The summed E-state index contributed by atoms with van der Waals surface area (Å²) >= 11 is 6.89. The van der Waals surface area contributed by atoms with E-state index in [0.717, 1.165) is 47.6 Å². The maximum Gasteiger partial charge on any atom is 0.132 e. The van der Waals surface area contributed by atoms with E-state index in [-0.39, 0.29) is 11.4 Å². The Kier molecular flexibility index (Phi) is 4.37. The van der Waals surface area contributed by atoms with Gasteiger partial charge in [0.15, 0.2) is 0 Å². The van der Waals surface area contributed by atoms with E-state index in [9.17, 15) is 5.26 Å². The highest BCUT2D eigenvalue weighted by atomic mass is 35.5. The van der Waals surface area contributed by atoms with Gasteiger partial charge in [0.2, 0.25) is 0 Å². The Morgan fingerprint density at radius 3 is 2.74 bits per heavy atom. The third kappa shape index (κ3) is 2.52. The summed E-state index contributed by atoms with van der Waals surface area (Å²) in [5, 5.41) is 13.2. The summed E-state index contributed by atoms with van der Waals surface area (Å²) in [7, 11) is 0. The van der Waals surface area contributed by atoms with Crippen molar-refractivity contribution in [3.63, 3.8) is 0 Å². The number of hydrogen-bond acceptors (Lipinski definition) is 3. The van der Waals surface area contributed by atoms with Gasteiger partial charge >= 0.3 is 0 Å². The number of nitriles is 1. The average Bonchev–Trinajstić information content (AvgIpc) is 2.93. The van der Waals surface area contributed by atoms with Gasteiger partial charge in [0.05, 0.1) is 16.9 Å². The average molecular weight is 328 g/mol. The topological polar surface area (TPSA) is 39.1 Å². The fourth-order valence-electron chi connectivity index (χ4n) is 3.48. The molecule has 0 saturated carbocycles. The van der Waals surface area contributed by atoms with Crippen LogP contribution in [0, 0.1) is 17.2 Å². The maximum atomic E-state index is 9.81. The quantitative estimate of drug-likeness (QED) is 0.596. The molecule has 3 rings (SSSR count). The van der Waals surface area contributed by atoms with Crippen molar-refractivity contribution < 1.29 is 0 Å². The molecule has 0 aromatic heterocycles. The van der Waals surface area contributed by atoms with Crippen molar-refractivity contribution >= 4 is 23.0 Å². The van der Waals surface area contributed by atoms with Crippen molar-refractivity contribution in [1.29, 1.82) is 5.26 Å². The molecule has 1 atom stereocenters. The van der Waals surface area contributed by atoms with Crippen molar-refractivity contribution in [2.45, 2.75) is 45.5 Å². The van der Waals surface area contributed by atoms with Gasteiger partial charge < -0.3 is 10.2 Å². The zero-order valence-electron chi connectivity index (χ0n) is 13.9. The van der Waals surface area contributed by atoms with E-state index in [1.807, 2.05) is 18.2 Å². The minimum Gasteiger partial charge on any atom is -0.339 e. The van der Waals surface area contributed by atoms with E-state index < -0.39 is 0 Å². The van der Waals surface area contributed by atoms with E-state index in [1.54, 1.807) is 0 Å². The lowest BCUT2D eigenvalue weighted by molar-refractivity contribution is 0.685. The van der Waals surface area contributed by atoms with Crippen LogP contribution < -0.4 is 10.2 Å². The van der Waals surface area contributed by atoms with E-state index in [1.165, 1.54) is 5.57 Å². The zero-order chi connectivity index (χ0) is 16.6. The molecule has 0 saturated heterocycles. The van der Waals surface area contributed by atoms with Crippen LogP contribution >= 0.6 is 11.6 Å². The Morgan fingerprint density at radius 2 is 2.09 bits per heavy atom. The number of para-hydroxylation sites is 2. The second-order valence-electron chi connectivity index (χ2n) is 6.38. The predicted octanol–water partition coefficient (Wildman–Crippen LogP) is 5.37. The lowest BCUT2D eigenvalue weighted by atomic mass is 9.86. The maximum absolute atomic E-state index is 9.81. The molecule has 23 heavy (non-hydrogen) atoms. The first kappa shape index (κ1) is 16.0. The molecule has 120 valence electrons. The third-order valence-corrected chi connectivity index (χ3v) is 4.97. The summed E-state index contributed by atoms with van der Waals surface area (Å²) in [5.41, 5.74) is 4.88. The van der Waals surface area contributed by atoms with Gasteiger partial charge in [-0.2, -0.15) is 5.26 Å². The van der Waals surface area contributed by atoms with E-state index in [0.29, 0.717) is 0 Å². The molecule has 0 aliphatic carbocycles. The van der Waals surface area contributed by atoms with Gasteiger partial charge in [-0.25, -0.2) is 0 Å². The molecular formula is C19H22ClN3. The number of nitrogens with zero attached hydrogens (tertiary/aromatic N) is 2. The Labute approximate surface area is 143 Å². The lowest BCUT2D eigenvalue weighted by Crippen LogP contribution is -2.37. The number of nitrogens with one attached hydrogen (secondary N) is 1. The number of rotatable bonds is 4. The highest BCUT2D eigenvalue weighted by Gasteiger charge is 2.39. The van der Waals surface area contributed by atoms with E-state index >= 15 is 0 Å². The summed E-state index contributed by atoms with van der Waals surface area (Å²) in [6.07, 6.45) is 3.15. The highest BCUT2D eigenvalue weighted by Crippen LogP contribution is 2.47. The van der Waals surface area contributed by atoms with Crippen molar-refractivity contribution in [2.75, 3.05) is 10.2 Å². The Balaban J connectivity index is 2.17. The van der Waals surface area contributed by atoms with Gasteiger partial charge in [0.25, 0.3) is 0 Å². The largest absolute Gasteiger partial charge is 0.339 e. The minimum atomic E-state index is -0.234. The van der Waals surface area contributed by atoms with Crippen LogP contribution in [0.1, 0.15) is 40.0 Å². The summed E-state index contributed by atoms with van der Waals surface area (Å²) in [4.78, 5) is 2.08. The predicted molar refractivity (Wildman–Crippen MR) is 96.2 cm³/mol. The van der Waals surface area contributed by atoms with Gasteiger partial charge in [-0.05, 0) is 42.0 Å². The molecular weight excluding hydrogens is 306 g/mol. The van der Waals surface area contributed by atoms with Crippen LogP contribution in [-0.2, 0) is 0 Å². The van der Waals surface area contributed by atoms with Crippen molar-refractivity contribution in [3.8, 4) is 6.07 Å². The molecule has 2 aliphatic heterocycles. The van der Waals surface area contributed by atoms with Crippen LogP contribution in [0.4, 0.5) is 11.4 Å². The molecule has 4 heteroatoms. The molecule has 1 aromatic carbocycles. The van der Waals surface area contributed by atoms with Crippen molar-refractivity contribution in [1.82, 2.24) is 0 Å². The molecule has 0 fully saturated rings. The second-order valence-corrected chi connectivity index (χ2v) is 6.79. The highest BCUT2D eigenvalue weighted by molar-refractivity contribution is 6.25. The SMILES string of the molecule is CCCCC1=C(C(C)C)C(C#N)=C2Nc3ccccc3N2C1Cl. The third-order valence-electron chi connectivity index (χ3n) is 4.51. The fourth-order valence-corrected chi connectivity index (χ4v) is 3.91. The molecule has 2 aliphatic rings. The molecule has 3 nitrogen and oxygen atoms in total. The Morgan fingerprint density at radius 1 is 1.35 bits per heavy atom. The Bertz CT molecular complexity index is 724. The van der Waals surface area contributed by atoms with Crippen LogP contribution in [0.15, 0.2) is 46.8 Å². The van der Waals surface area contributed by atoms with Crippen molar-refractivity contribution in [3.05, 3.63) is 46.8 Å². The van der Waals surface area contributed by atoms with Crippen LogP contribution in [0.25, 0.3) is 0 Å².